The van der Waals surface area contributed by atoms with Crippen LogP contribution in [0.2, 0.25) is 0 Å². The van der Waals surface area contributed by atoms with Crippen molar-refractivity contribution < 1.29 is 14.3 Å². The highest BCUT2D eigenvalue weighted by molar-refractivity contribution is 5.94. The molecule has 4 rings (SSSR count). The van der Waals surface area contributed by atoms with E-state index in [1.807, 2.05) is 29.2 Å². The molecule has 3 fully saturated rings. The summed E-state index contributed by atoms with van der Waals surface area (Å²) in [6, 6.07) is 7.45. The molecule has 4 atom stereocenters. The van der Waals surface area contributed by atoms with Gasteiger partial charge in [-0.25, -0.2) is 0 Å². The molecule has 0 spiro atoms. The number of halogens is 1. The number of carbonyl (C=O) groups excluding carboxylic acids is 2. The molecule has 1 aromatic rings. The molecule has 0 radical (unpaired) electrons. The van der Waals surface area contributed by atoms with Crippen molar-refractivity contribution in [2.75, 3.05) is 25.5 Å². The number of piperidine rings is 1. The summed E-state index contributed by atoms with van der Waals surface area (Å²) in [6.45, 7) is 1.28. The quantitative estimate of drug-likeness (QED) is 0.803. The number of rotatable bonds is 4. The number of benzene rings is 1. The molecule has 1 saturated heterocycles. The van der Waals surface area contributed by atoms with Gasteiger partial charge >= 0.3 is 0 Å². The lowest BCUT2D eigenvalue weighted by molar-refractivity contribution is -0.140. The molecule has 2 saturated carbocycles. The molecule has 4 unspecified atom stereocenters. The SMILES string of the molecule is COc1ccccc1NC(=O)C1CCN(C(=O)C2C3CCC(C3)C2N)CC1.Cl. The minimum Gasteiger partial charge on any atom is -0.495 e. The maximum atomic E-state index is 13.0. The molecule has 2 aliphatic carbocycles. The van der Waals surface area contributed by atoms with Gasteiger partial charge in [0.05, 0.1) is 18.7 Å². The lowest BCUT2D eigenvalue weighted by atomic mass is 9.83. The van der Waals surface area contributed by atoms with E-state index in [1.165, 1.54) is 6.42 Å². The van der Waals surface area contributed by atoms with E-state index in [2.05, 4.69) is 5.32 Å². The summed E-state index contributed by atoms with van der Waals surface area (Å²) in [7, 11) is 1.59. The second-order valence-corrected chi connectivity index (χ2v) is 8.23. The molecule has 2 amide bonds. The number of methoxy groups -OCH3 is 1. The van der Waals surface area contributed by atoms with Crippen LogP contribution in [0.15, 0.2) is 24.3 Å². The number of nitrogens with two attached hydrogens (primary N) is 1. The third-order valence-electron chi connectivity index (χ3n) is 6.81. The summed E-state index contributed by atoms with van der Waals surface area (Å²) in [6.07, 6.45) is 4.84. The fraction of sp³-hybridized carbons (Fsp3) is 0.619. The van der Waals surface area contributed by atoms with Gasteiger partial charge in [0.2, 0.25) is 11.8 Å². The van der Waals surface area contributed by atoms with Crippen LogP contribution in [0.3, 0.4) is 0 Å². The number of carbonyl (C=O) groups is 2. The van der Waals surface area contributed by atoms with Crippen LogP contribution in [0.4, 0.5) is 5.69 Å². The largest absolute Gasteiger partial charge is 0.495 e. The lowest BCUT2D eigenvalue weighted by Gasteiger charge is -2.36. The Labute approximate surface area is 172 Å². The number of ether oxygens (including phenoxy) is 1. The first-order chi connectivity index (χ1) is 13.1. The Balaban J connectivity index is 0.00000225. The average Bonchev–Trinajstić information content (AvgIpc) is 3.29. The van der Waals surface area contributed by atoms with E-state index in [0.29, 0.717) is 49.2 Å². The first-order valence-electron chi connectivity index (χ1n) is 10.1. The molecule has 3 aliphatic rings. The number of nitrogens with one attached hydrogen (secondary N) is 1. The maximum absolute atomic E-state index is 13.0. The summed E-state index contributed by atoms with van der Waals surface area (Å²) >= 11 is 0. The van der Waals surface area contributed by atoms with E-state index in [-0.39, 0.29) is 42.1 Å². The topological polar surface area (TPSA) is 84.7 Å². The molecule has 7 heteroatoms. The van der Waals surface area contributed by atoms with Gasteiger partial charge in [-0.2, -0.15) is 0 Å². The number of hydrogen-bond donors (Lipinski definition) is 2. The second kappa shape index (κ2) is 8.70. The molecular weight excluding hydrogens is 378 g/mol. The fourth-order valence-electron chi connectivity index (χ4n) is 5.26. The third-order valence-corrected chi connectivity index (χ3v) is 6.81. The zero-order valence-electron chi connectivity index (χ0n) is 16.3. The van der Waals surface area contributed by atoms with Crippen LogP contribution in [0.5, 0.6) is 5.75 Å². The Morgan fingerprint density at radius 3 is 2.43 bits per heavy atom. The van der Waals surface area contributed by atoms with Crippen molar-refractivity contribution in [3.05, 3.63) is 24.3 Å². The first kappa shape index (κ1) is 20.9. The van der Waals surface area contributed by atoms with Crippen molar-refractivity contribution in [1.82, 2.24) is 4.90 Å². The smallest absolute Gasteiger partial charge is 0.227 e. The van der Waals surface area contributed by atoms with E-state index in [9.17, 15) is 9.59 Å². The molecule has 28 heavy (non-hydrogen) atoms. The van der Waals surface area contributed by atoms with Crippen LogP contribution < -0.4 is 15.8 Å². The van der Waals surface area contributed by atoms with Crippen molar-refractivity contribution in [2.45, 2.75) is 38.1 Å². The Bertz CT molecular complexity index is 719. The molecular formula is C21H30ClN3O3. The predicted octanol–water partition coefficient (Wildman–Crippen LogP) is 2.67. The van der Waals surface area contributed by atoms with E-state index in [0.717, 1.165) is 12.8 Å². The molecule has 1 heterocycles. The van der Waals surface area contributed by atoms with Crippen LogP contribution in [0.1, 0.15) is 32.1 Å². The Morgan fingerprint density at radius 1 is 1.11 bits per heavy atom. The van der Waals surface area contributed by atoms with E-state index in [4.69, 9.17) is 10.5 Å². The molecule has 1 aromatic carbocycles. The third kappa shape index (κ3) is 3.85. The van der Waals surface area contributed by atoms with Gasteiger partial charge in [-0.1, -0.05) is 12.1 Å². The number of amides is 2. The number of nitrogens with zero attached hydrogens (tertiary/aromatic N) is 1. The highest BCUT2D eigenvalue weighted by atomic mass is 35.5. The normalized spacial score (nSPS) is 29.3. The number of anilines is 1. The zero-order valence-corrected chi connectivity index (χ0v) is 17.1. The van der Waals surface area contributed by atoms with Gasteiger partial charge < -0.3 is 20.7 Å². The van der Waals surface area contributed by atoms with E-state index in [1.54, 1.807) is 7.11 Å². The van der Waals surface area contributed by atoms with Crippen molar-refractivity contribution in [3.63, 3.8) is 0 Å². The number of fused-ring (bicyclic) bond motifs is 2. The van der Waals surface area contributed by atoms with Gasteiger partial charge in [0.1, 0.15) is 5.75 Å². The van der Waals surface area contributed by atoms with Crippen LogP contribution in [0, 0.1) is 23.7 Å². The molecule has 0 aromatic heterocycles. The minimum absolute atomic E-state index is 0. The summed E-state index contributed by atoms with van der Waals surface area (Å²) in [5.74, 6) is 1.82. The average molecular weight is 408 g/mol. The summed E-state index contributed by atoms with van der Waals surface area (Å²) in [5, 5.41) is 2.97. The minimum atomic E-state index is -0.0762. The van der Waals surface area contributed by atoms with Crippen molar-refractivity contribution in [2.24, 2.45) is 29.4 Å². The predicted molar refractivity (Wildman–Crippen MR) is 110 cm³/mol. The van der Waals surface area contributed by atoms with Crippen LogP contribution >= 0.6 is 12.4 Å². The summed E-state index contributed by atoms with van der Waals surface area (Å²) < 4.78 is 5.29. The lowest BCUT2D eigenvalue weighted by Crippen LogP contribution is -2.50. The molecule has 2 bridgehead atoms. The van der Waals surface area contributed by atoms with Gasteiger partial charge in [0.25, 0.3) is 0 Å². The second-order valence-electron chi connectivity index (χ2n) is 8.23. The summed E-state index contributed by atoms with van der Waals surface area (Å²) in [4.78, 5) is 27.6. The van der Waals surface area contributed by atoms with Crippen LogP contribution in [-0.2, 0) is 9.59 Å². The van der Waals surface area contributed by atoms with Crippen molar-refractivity contribution in [1.29, 1.82) is 0 Å². The fourth-order valence-corrected chi connectivity index (χ4v) is 5.26. The van der Waals surface area contributed by atoms with Gasteiger partial charge in [-0.05, 0) is 56.1 Å². The van der Waals surface area contributed by atoms with Gasteiger partial charge in [0.15, 0.2) is 0 Å². The summed E-state index contributed by atoms with van der Waals surface area (Å²) in [5.41, 5.74) is 7.03. The Hall–Kier alpha value is -1.79. The van der Waals surface area contributed by atoms with Gasteiger partial charge in [0, 0.05) is 25.0 Å². The number of para-hydroxylation sites is 2. The van der Waals surface area contributed by atoms with Crippen molar-refractivity contribution >= 4 is 29.9 Å². The molecule has 1 aliphatic heterocycles. The first-order valence-corrected chi connectivity index (χ1v) is 10.1. The number of hydrogen-bond acceptors (Lipinski definition) is 4. The standard InChI is InChI=1S/C21H29N3O3.ClH/c1-27-17-5-3-2-4-16(17)23-20(25)13-8-10-24(11-9-13)21(26)18-14-6-7-15(12-14)19(18)22;/h2-5,13-15,18-19H,6-12,22H2,1H3,(H,23,25);1H. The zero-order chi connectivity index (χ0) is 19.0. The maximum Gasteiger partial charge on any atom is 0.227 e. The molecule has 154 valence electrons. The highest BCUT2D eigenvalue weighted by Crippen LogP contribution is 2.48. The Kier molecular flexibility index (Phi) is 6.50. The van der Waals surface area contributed by atoms with Crippen molar-refractivity contribution in [3.8, 4) is 5.75 Å². The van der Waals surface area contributed by atoms with E-state index < -0.39 is 0 Å². The molecule has 6 nitrogen and oxygen atoms in total. The van der Waals surface area contributed by atoms with Crippen LogP contribution in [0.25, 0.3) is 0 Å². The Morgan fingerprint density at radius 2 is 1.79 bits per heavy atom. The van der Waals surface area contributed by atoms with E-state index >= 15 is 0 Å². The molecule has 3 N–H and O–H groups in total. The highest BCUT2D eigenvalue weighted by Gasteiger charge is 2.50. The van der Waals surface area contributed by atoms with Gasteiger partial charge in [-0.15, -0.1) is 12.4 Å². The monoisotopic (exact) mass is 407 g/mol. The van der Waals surface area contributed by atoms with Crippen LogP contribution in [-0.4, -0.2) is 43.0 Å². The number of likely N-dealkylation sites (tertiary alicyclic amines) is 1. The van der Waals surface area contributed by atoms with Gasteiger partial charge in [-0.3, -0.25) is 9.59 Å².